The number of methoxy groups -OCH3 is 1. The zero-order valence-electron chi connectivity index (χ0n) is 18.3. The van der Waals surface area contributed by atoms with Gasteiger partial charge in [-0.15, -0.1) is 0 Å². The molecular formula is C23H19ClF4N4O3. The summed E-state index contributed by atoms with van der Waals surface area (Å²) in [4.78, 5) is 20.9. The van der Waals surface area contributed by atoms with E-state index in [1.54, 1.807) is 18.2 Å². The number of nitrogens with zero attached hydrogens (tertiary/aromatic N) is 3. The number of aromatic nitrogens is 2. The Hall–Kier alpha value is -3.34. The van der Waals surface area contributed by atoms with Crippen LogP contribution in [0.4, 0.5) is 29.1 Å². The van der Waals surface area contributed by atoms with Crippen molar-refractivity contribution in [3.63, 3.8) is 0 Å². The Labute approximate surface area is 202 Å². The molecule has 3 atom stereocenters. The number of fused-ring (bicyclic) bond motifs is 3. The molecule has 35 heavy (non-hydrogen) atoms. The maximum absolute atomic E-state index is 14.4. The number of ether oxygens (including phenoxy) is 2. The second kappa shape index (κ2) is 8.71. The summed E-state index contributed by atoms with van der Waals surface area (Å²) in [5.74, 6) is -1.89. The minimum Gasteiger partial charge on any atom is -0.493 e. The van der Waals surface area contributed by atoms with Crippen LogP contribution in [0.2, 0.25) is 5.02 Å². The molecule has 7 nitrogen and oxygen atoms in total. The topological polar surface area (TPSA) is 76.6 Å². The Morgan fingerprint density at radius 3 is 2.60 bits per heavy atom. The zero-order valence-corrected chi connectivity index (χ0v) is 19.0. The highest BCUT2D eigenvalue weighted by molar-refractivity contribution is 6.31. The van der Waals surface area contributed by atoms with Crippen LogP contribution in [0.3, 0.4) is 0 Å². The van der Waals surface area contributed by atoms with Crippen LogP contribution >= 0.6 is 11.6 Å². The van der Waals surface area contributed by atoms with E-state index in [-0.39, 0.29) is 41.7 Å². The first-order chi connectivity index (χ1) is 16.7. The fourth-order valence-electron chi connectivity index (χ4n) is 4.67. The molecule has 1 aliphatic carbocycles. The zero-order chi connectivity index (χ0) is 24.9. The number of piperidine rings is 2. The predicted octanol–water partition coefficient (Wildman–Crippen LogP) is 4.96. The Balaban J connectivity index is 1.42. The van der Waals surface area contributed by atoms with Gasteiger partial charge in [0.25, 0.3) is 0 Å². The number of carbonyl (C=O) groups excluding carboxylic acids is 1. The van der Waals surface area contributed by atoms with Crippen LogP contribution in [0.5, 0.6) is 11.5 Å². The molecule has 5 rings (SSSR count). The molecule has 0 unspecified atom stereocenters. The van der Waals surface area contributed by atoms with Gasteiger partial charge in [-0.2, -0.15) is 13.2 Å². The number of rotatable bonds is 5. The Morgan fingerprint density at radius 1 is 1.17 bits per heavy atom. The Bertz CT molecular complexity index is 1290. The lowest BCUT2D eigenvalue weighted by atomic mass is 9.68. The van der Waals surface area contributed by atoms with Crippen LogP contribution in [0.15, 0.2) is 36.7 Å². The van der Waals surface area contributed by atoms with Crippen LogP contribution in [0, 0.1) is 17.7 Å². The number of nitrogens with one attached hydrogen (secondary N) is 1. The number of hydrogen-bond donors (Lipinski definition) is 1. The van der Waals surface area contributed by atoms with Crippen molar-refractivity contribution in [2.45, 2.75) is 18.7 Å². The largest absolute Gasteiger partial charge is 0.493 e. The second-order valence-electron chi connectivity index (χ2n) is 8.52. The highest BCUT2D eigenvalue weighted by Crippen LogP contribution is 2.45. The van der Waals surface area contributed by atoms with Crippen LogP contribution in [0.1, 0.15) is 6.42 Å². The van der Waals surface area contributed by atoms with E-state index in [2.05, 4.69) is 15.3 Å². The number of anilines is 2. The summed E-state index contributed by atoms with van der Waals surface area (Å²) in [6.07, 6.45) is -3.28. The average molecular weight is 511 g/mol. The minimum absolute atomic E-state index is 0.0284. The fraction of sp³-hybridized carbons (Fsp3) is 0.348. The maximum Gasteiger partial charge on any atom is 0.471 e. The molecule has 2 heterocycles. The molecular weight excluding hydrogens is 492 g/mol. The Kier molecular flexibility index (Phi) is 5.82. The summed E-state index contributed by atoms with van der Waals surface area (Å²) in [6, 6.07) is 7.82. The van der Waals surface area contributed by atoms with Crippen molar-refractivity contribution < 1.29 is 31.8 Å². The van der Waals surface area contributed by atoms with Gasteiger partial charge < -0.3 is 19.7 Å². The van der Waals surface area contributed by atoms with E-state index in [0.29, 0.717) is 34.6 Å². The van der Waals surface area contributed by atoms with E-state index in [9.17, 15) is 22.4 Å². The van der Waals surface area contributed by atoms with Gasteiger partial charge in [-0.3, -0.25) is 4.79 Å². The van der Waals surface area contributed by atoms with E-state index in [1.807, 2.05) is 0 Å². The third kappa shape index (κ3) is 4.29. The standard InChI is InChI=1S/C23H19ClF4N4O3/c1-34-17-7-16-13(21(30-10-29-16)31-15-4-2-3-14(24)19(15)25)6-18(17)35-20-11-5-12(20)9-32(8-11)22(33)23(26,27)28/h2-4,6-7,10-12,20H,5,8-9H2,1H3,(H,29,30,31)/t11-,12+,20+. The molecule has 2 fully saturated rings. The lowest BCUT2D eigenvalue weighted by molar-refractivity contribution is -0.196. The number of carbonyl (C=O) groups is 1. The summed E-state index contributed by atoms with van der Waals surface area (Å²) in [7, 11) is 1.46. The first kappa shape index (κ1) is 23.4. The third-order valence-corrected chi connectivity index (χ3v) is 6.65. The van der Waals surface area contributed by atoms with Gasteiger partial charge in [-0.1, -0.05) is 17.7 Å². The molecule has 1 N–H and O–H groups in total. The molecule has 1 saturated carbocycles. The van der Waals surface area contributed by atoms with Crippen molar-refractivity contribution in [2.24, 2.45) is 11.8 Å². The molecule has 1 amide bonds. The van der Waals surface area contributed by atoms with Gasteiger partial charge in [0.15, 0.2) is 17.3 Å². The number of hydrogen-bond acceptors (Lipinski definition) is 6. The van der Waals surface area contributed by atoms with Crippen molar-refractivity contribution >= 4 is 39.9 Å². The number of amides is 1. The molecule has 1 saturated heterocycles. The monoisotopic (exact) mass is 510 g/mol. The summed E-state index contributed by atoms with van der Waals surface area (Å²) in [6.45, 7) is -0.0568. The molecule has 3 aromatic rings. The van der Waals surface area contributed by atoms with Gasteiger partial charge in [-0.25, -0.2) is 14.4 Å². The van der Waals surface area contributed by atoms with Crippen molar-refractivity contribution in [3.05, 3.63) is 47.5 Å². The molecule has 1 aromatic heterocycles. The first-order valence-corrected chi connectivity index (χ1v) is 11.1. The molecule has 2 bridgehead atoms. The maximum atomic E-state index is 14.4. The van der Waals surface area contributed by atoms with Gasteiger partial charge in [-0.05, 0) is 24.6 Å². The number of alkyl halides is 3. The molecule has 2 aliphatic rings. The summed E-state index contributed by atoms with van der Waals surface area (Å²) in [5.41, 5.74) is 0.628. The van der Waals surface area contributed by atoms with E-state index in [4.69, 9.17) is 21.1 Å². The lowest BCUT2D eigenvalue weighted by Gasteiger charge is -2.52. The predicted molar refractivity (Wildman–Crippen MR) is 119 cm³/mol. The van der Waals surface area contributed by atoms with E-state index in [1.165, 1.54) is 25.6 Å². The smallest absolute Gasteiger partial charge is 0.471 e. The number of likely N-dealkylation sites (tertiary alicyclic amines) is 1. The summed E-state index contributed by atoms with van der Waals surface area (Å²) in [5, 5.41) is 3.38. The van der Waals surface area contributed by atoms with Crippen LogP contribution in [-0.4, -0.2) is 53.3 Å². The highest BCUT2D eigenvalue weighted by atomic mass is 35.5. The lowest BCUT2D eigenvalue weighted by Crippen LogP contribution is -2.63. The second-order valence-corrected chi connectivity index (χ2v) is 8.92. The summed E-state index contributed by atoms with van der Waals surface area (Å²) >= 11 is 5.87. The normalized spacial score (nSPS) is 21.4. The number of halogens is 5. The molecule has 0 spiro atoms. The Morgan fingerprint density at radius 2 is 1.91 bits per heavy atom. The van der Waals surface area contributed by atoms with Gasteiger partial charge in [0.1, 0.15) is 18.2 Å². The van der Waals surface area contributed by atoms with Crippen LogP contribution < -0.4 is 14.8 Å². The molecule has 0 radical (unpaired) electrons. The molecule has 1 aliphatic heterocycles. The van der Waals surface area contributed by atoms with Crippen molar-refractivity contribution in [1.82, 2.24) is 14.9 Å². The van der Waals surface area contributed by atoms with E-state index >= 15 is 0 Å². The van der Waals surface area contributed by atoms with Crippen molar-refractivity contribution in [2.75, 3.05) is 25.5 Å². The quantitative estimate of drug-likeness (QED) is 0.489. The van der Waals surface area contributed by atoms with E-state index < -0.39 is 17.9 Å². The third-order valence-electron chi connectivity index (χ3n) is 6.36. The van der Waals surface area contributed by atoms with E-state index in [0.717, 1.165) is 4.90 Å². The van der Waals surface area contributed by atoms with Gasteiger partial charge in [0.2, 0.25) is 0 Å². The van der Waals surface area contributed by atoms with Gasteiger partial charge >= 0.3 is 12.1 Å². The first-order valence-electron chi connectivity index (χ1n) is 10.7. The van der Waals surface area contributed by atoms with Gasteiger partial charge in [0.05, 0.1) is 23.3 Å². The van der Waals surface area contributed by atoms with Crippen LogP contribution in [0.25, 0.3) is 10.9 Å². The fourth-order valence-corrected chi connectivity index (χ4v) is 4.85. The number of benzene rings is 2. The summed E-state index contributed by atoms with van der Waals surface area (Å²) < 4.78 is 64.5. The van der Waals surface area contributed by atoms with Crippen LogP contribution in [-0.2, 0) is 4.79 Å². The van der Waals surface area contributed by atoms with Crippen molar-refractivity contribution in [3.8, 4) is 11.5 Å². The SMILES string of the molecule is COc1cc2ncnc(Nc3cccc(Cl)c3F)c2cc1O[C@H]1[C@@H]2C[C@H]1CN(C(=O)C(F)(F)F)C2. The van der Waals surface area contributed by atoms with Gasteiger partial charge in [0, 0.05) is 36.4 Å². The average Bonchev–Trinajstić information content (AvgIpc) is 2.84. The molecule has 12 heteroatoms. The molecule has 2 aromatic carbocycles. The molecule has 184 valence electrons. The van der Waals surface area contributed by atoms with Crippen molar-refractivity contribution in [1.29, 1.82) is 0 Å². The highest BCUT2D eigenvalue weighted by Gasteiger charge is 2.53. The minimum atomic E-state index is -4.90.